The predicted octanol–water partition coefficient (Wildman–Crippen LogP) is 3.56. The summed E-state index contributed by atoms with van der Waals surface area (Å²) in [4.78, 5) is 25.6. The number of hydrogen-bond acceptors (Lipinski definition) is 5. The summed E-state index contributed by atoms with van der Waals surface area (Å²) in [5.41, 5.74) is 1.50. The zero-order valence-electron chi connectivity index (χ0n) is 14.1. The van der Waals surface area contributed by atoms with Crippen LogP contribution in [0.25, 0.3) is 0 Å². The molecule has 130 valence electrons. The maximum atomic E-state index is 13.0. The van der Waals surface area contributed by atoms with E-state index in [0.29, 0.717) is 12.8 Å². The summed E-state index contributed by atoms with van der Waals surface area (Å²) >= 11 is 0. The van der Waals surface area contributed by atoms with E-state index in [0.717, 1.165) is 5.56 Å². The fourth-order valence-corrected chi connectivity index (χ4v) is 4.75. The van der Waals surface area contributed by atoms with Crippen molar-refractivity contribution >= 4 is 11.6 Å². The van der Waals surface area contributed by atoms with Crippen LogP contribution >= 0.6 is 0 Å². The number of carbonyl (C=O) groups is 2. The second kappa shape index (κ2) is 5.22. The molecule has 1 aromatic carbocycles. The van der Waals surface area contributed by atoms with Crippen molar-refractivity contribution in [2.75, 3.05) is 0 Å². The standard InChI is InChI=1S/C20H20O5/c1-8-11-4-3-5-13(21)16(11)20(25)17-12(8)6-10-7-14(22)9(2)18(23)15(10)19(17)24/h3-5,8,10,12,15,21-22,24H,6-7H2,1-2H3. The molecule has 0 saturated carbocycles. The third kappa shape index (κ3) is 2.01. The Morgan fingerprint density at radius 2 is 1.84 bits per heavy atom. The maximum absolute atomic E-state index is 13.0. The van der Waals surface area contributed by atoms with E-state index in [4.69, 9.17) is 0 Å². The SMILES string of the molecule is CC1=C(O)CC2CC3C(=C(O)C2C1=O)C(=O)c1c(O)cccc1C3C. The number of rotatable bonds is 0. The lowest BCUT2D eigenvalue weighted by Gasteiger charge is -2.43. The van der Waals surface area contributed by atoms with Crippen molar-refractivity contribution in [3.8, 4) is 5.75 Å². The predicted molar refractivity (Wildman–Crippen MR) is 90.5 cm³/mol. The van der Waals surface area contributed by atoms with Gasteiger partial charge in [-0.05, 0) is 42.7 Å². The minimum absolute atomic E-state index is 0.0675. The van der Waals surface area contributed by atoms with Crippen LogP contribution in [0, 0.1) is 17.8 Å². The molecule has 0 fully saturated rings. The molecule has 1 aromatic rings. The third-order valence-electron chi connectivity index (χ3n) is 6.15. The summed E-state index contributed by atoms with van der Waals surface area (Å²) in [7, 11) is 0. The van der Waals surface area contributed by atoms with Crippen molar-refractivity contribution in [3.63, 3.8) is 0 Å². The van der Waals surface area contributed by atoms with E-state index in [9.17, 15) is 24.9 Å². The van der Waals surface area contributed by atoms with E-state index in [-0.39, 0.29) is 57.5 Å². The van der Waals surface area contributed by atoms with Gasteiger partial charge in [0.15, 0.2) is 11.6 Å². The topological polar surface area (TPSA) is 94.8 Å². The van der Waals surface area contributed by atoms with E-state index >= 15 is 0 Å². The molecule has 4 unspecified atom stereocenters. The largest absolute Gasteiger partial charge is 0.512 e. The molecule has 3 aliphatic rings. The van der Waals surface area contributed by atoms with Gasteiger partial charge in [-0.15, -0.1) is 0 Å². The second-order valence-corrected chi connectivity index (χ2v) is 7.38. The number of phenolic OH excluding ortho intramolecular Hbond substituents is 1. The number of aliphatic hydroxyl groups excluding tert-OH is 2. The summed E-state index contributed by atoms with van der Waals surface area (Å²) < 4.78 is 0. The molecule has 0 heterocycles. The van der Waals surface area contributed by atoms with Crippen LogP contribution in [0.15, 0.2) is 40.9 Å². The van der Waals surface area contributed by atoms with Crippen molar-refractivity contribution in [1.82, 2.24) is 0 Å². The number of fused-ring (bicyclic) bond motifs is 3. The molecule has 0 aliphatic heterocycles. The number of hydrogen-bond donors (Lipinski definition) is 3. The van der Waals surface area contributed by atoms with Gasteiger partial charge >= 0.3 is 0 Å². The molecule has 3 aliphatic carbocycles. The highest BCUT2D eigenvalue weighted by atomic mass is 16.3. The van der Waals surface area contributed by atoms with Crippen LogP contribution in [-0.2, 0) is 4.79 Å². The van der Waals surface area contributed by atoms with Crippen molar-refractivity contribution in [2.45, 2.75) is 32.6 Å². The highest BCUT2D eigenvalue weighted by Crippen LogP contribution is 2.53. The van der Waals surface area contributed by atoms with Crippen LogP contribution in [0.5, 0.6) is 5.75 Å². The number of Topliss-reactive ketones (excluding diaryl/α,β-unsaturated/α-hetero) is 2. The number of ketones is 2. The quantitative estimate of drug-likeness (QED) is 0.671. The Balaban J connectivity index is 1.91. The van der Waals surface area contributed by atoms with Crippen molar-refractivity contribution in [1.29, 1.82) is 0 Å². The molecule has 4 rings (SSSR count). The molecular weight excluding hydrogens is 320 g/mol. The molecular formula is C20H20O5. The van der Waals surface area contributed by atoms with Crippen LogP contribution in [0.2, 0.25) is 0 Å². The first kappa shape index (κ1) is 15.9. The molecule has 3 N–H and O–H groups in total. The fourth-order valence-electron chi connectivity index (χ4n) is 4.75. The van der Waals surface area contributed by atoms with E-state index in [1.54, 1.807) is 13.0 Å². The summed E-state index contributed by atoms with van der Waals surface area (Å²) in [6, 6.07) is 5.00. The minimum atomic E-state index is -0.772. The van der Waals surface area contributed by atoms with E-state index in [1.165, 1.54) is 6.07 Å². The first-order valence-corrected chi connectivity index (χ1v) is 8.55. The van der Waals surface area contributed by atoms with Crippen LogP contribution in [-0.4, -0.2) is 26.9 Å². The summed E-state index contributed by atoms with van der Waals surface area (Å²) in [6.07, 6.45) is 0.888. The Morgan fingerprint density at radius 3 is 2.56 bits per heavy atom. The van der Waals surface area contributed by atoms with Gasteiger partial charge in [-0.3, -0.25) is 9.59 Å². The van der Waals surface area contributed by atoms with Crippen LogP contribution in [0.3, 0.4) is 0 Å². The highest BCUT2D eigenvalue weighted by molar-refractivity contribution is 6.14. The summed E-state index contributed by atoms with van der Waals surface area (Å²) in [5, 5.41) is 31.0. The molecule has 0 saturated heterocycles. The summed E-state index contributed by atoms with van der Waals surface area (Å²) in [5.74, 6) is -2.18. The van der Waals surface area contributed by atoms with Gasteiger partial charge in [-0.25, -0.2) is 0 Å². The Hall–Kier alpha value is -2.56. The van der Waals surface area contributed by atoms with Gasteiger partial charge in [0.2, 0.25) is 0 Å². The van der Waals surface area contributed by atoms with Crippen molar-refractivity contribution in [2.24, 2.45) is 17.8 Å². The molecule has 0 spiro atoms. The Morgan fingerprint density at radius 1 is 1.12 bits per heavy atom. The molecule has 0 bridgehead atoms. The third-order valence-corrected chi connectivity index (χ3v) is 6.15. The van der Waals surface area contributed by atoms with Gasteiger partial charge in [0.05, 0.1) is 17.2 Å². The van der Waals surface area contributed by atoms with Crippen LogP contribution < -0.4 is 0 Å². The lowest BCUT2D eigenvalue weighted by molar-refractivity contribution is -0.122. The Bertz CT molecular complexity index is 876. The molecule has 5 heteroatoms. The smallest absolute Gasteiger partial charge is 0.196 e. The maximum Gasteiger partial charge on any atom is 0.196 e. The molecule has 0 aromatic heterocycles. The zero-order chi connectivity index (χ0) is 18.0. The first-order chi connectivity index (χ1) is 11.8. The average Bonchev–Trinajstić information content (AvgIpc) is 2.57. The number of carbonyl (C=O) groups excluding carboxylic acids is 2. The Kier molecular flexibility index (Phi) is 3.33. The van der Waals surface area contributed by atoms with Crippen LogP contribution in [0.4, 0.5) is 0 Å². The highest BCUT2D eigenvalue weighted by Gasteiger charge is 2.50. The Labute approximate surface area is 145 Å². The van der Waals surface area contributed by atoms with Gasteiger partial charge in [-0.1, -0.05) is 19.1 Å². The number of phenols is 1. The molecule has 0 amide bonds. The lowest BCUT2D eigenvalue weighted by atomic mass is 9.60. The zero-order valence-corrected chi connectivity index (χ0v) is 14.1. The van der Waals surface area contributed by atoms with Gasteiger partial charge < -0.3 is 15.3 Å². The van der Waals surface area contributed by atoms with E-state index < -0.39 is 11.7 Å². The van der Waals surface area contributed by atoms with Crippen LogP contribution in [0.1, 0.15) is 48.5 Å². The normalized spacial score (nSPS) is 31.6. The molecule has 5 nitrogen and oxygen atoms in total. The average molecular weight is 340 g/mol. The second-order valence-electron chi connectivity index (χ2n) is 7.38. The van der Waals surface area contributed by atoms with Gasteiger partial charge in [0, 0.05) is 17.6 Å². The van der Waals surface area contributed by atoms with Crippen molar-refractivity contribution < 1.29 is 24.9 Å². The first-order valence-electron chi connectivity index (χ1n) is 8.55. The lowest BCUT2D eigenvalue weighted by Crippen LogP contribution is -2.42. The molecule has 0 radical (unpaired) electrons. The molecule has 25 heavy (non-hydrogen) atoms. The van der Waals surface area contributed by atoms with E-state index in [2.05, 4.69) is 0 Å². The van der Waals surface area contributed by atoms with Crippen molar-refractivity contribution in [3.05, 3.63) is 52.0 Å². The van der Waals surface area contributed by atoms with Gasteiger partial charge in [0.25, 0.3) is 0 Å². The number of aromatic hydroxyl groups is 1. The fraction of sp³-hybridized carbons (Fsp3) is 0.400. The van der Waals surface area contributed by atoms with Gasteiger partial charge in [0.1, 0.15) is 11.5 Å². The number of benzene rings is 1. The number of aliphatic hydroxyl groups is 2. The minimum Gasteiger partial charge on any atom is -0.512 e. The number of allylic oxidation sites excluding steroid dienone is 4. The van der Waals surface area contributed by atoms with Gasteiger partial charge in [-0.2, -0.15) is 0 Å². The van der Waals surface area contributed by atoms with E-state index in [1.807, 2.05) is 13.0 Å². The summed E-state index contributed by atoms with van der Waals surface area (Å²) in [6.45, 7) is 3.51. The molecule has 4 atom stereocenters. The monoisotopic (exact) mass is 340 g/mol.